The molecule has 0 bridgehead atoms. The minimum absolute atomic E-state index is 0.0140. The van der Waals surface area contributed by atoms with Gasteiger partial charge in [-0.1, -0.05) is 23.2 Å². The van der Waals surface area contributed by atoms with Gasteiger partial charge in [-0.05, 0) is 58.9 Å². The summed E-state index contributed by atoms with van der Waals surface area (Å²) in [5, 5.41) is 13.8. The number of aromatic amines is 1. The number of pyridine rings is 2. The van der Waals surface area contributed by atoms with E-state index in [2.05, 4.69) is 15.3 Å². The number of aliphatic hydroxyl groups is 1. The van der Waals surface area contributed by atoms with Crippen LogP contribution in [0.2, 0.25) is 10.0 Å². The molecule has 38 heavy (non-hydrogen) atoms. The van der Waals surface area contributed by atoms with Crippen LogP contribution in [0.5, 0.6) is 11.6 Å². The van der Waals surface area contributed by atoms with Crippen LogP contribution >= 0.6 is 23.2 Å². The first-order valence-electron chi connectivity index (χ1n) is 11.7. The molecule has 0 radical (unpaired) electrons. The molecule has 11 heteroatoms. The summed E-state index contributed by atoms with van der Waals surface area (Å²) in [6.45, 7) is 8.75. The average Bonchev–Trinajstić information content (AvgIpc) is 3.23. The molecule has 8 nitrogen and oxygen atoms in total. The molecule has 3 heterocycles. The van der Waals surface area contributed by atoms with Gasteiger partial charge in [-0.2, -0.15) is 0 Å². The minimum atomic E-state index is -1.26. The zero-order valence-electron chi connectivity index (χ0n) is 21.7. The van der Waals surface area contributed by atoms with Gasteiger partial charge in [0.1, 0.15) is 17.0 Å². The van der Waals surface area contributed by atoms with Gasteiger partial charge < -0.3 is 24.7 Å². The molecule has 4 aromatic rings. The van der Waals surface area contributed by atoms with Crippen LogP contribution in [0.25, 0.3) is 22.0 Å². The van der Waals surface area contributed by atoms with Crippen molar-refractivity contribution in [3.05, 3.63) is 74.1 Å². The Labute approximate surface area is 228 Å². The molecule has 0 aliphatic heterocycles. The number of hydrogen-bond donors (Lipinski definition) is 3. The van der Waals surface area contributed by atoms with Gasteiger partial charge in [0, 0.05) is 47.1 Å². The number of rotatable bonds is 5. The smallest absolute Gasteiger partial charge is 0.274 e. The second-order valence-electron chi connectivity index (χ2n) is 10.6. The highest BCUT2D eigenvalue weighted by Crippen LogP contribution is 2.42. The lowest BCUT2D eigenvalue weighted by Gasteiger charge is -2.20. The summed E-state index contributed by atoms with van der Waals surface area (Å²) in [7, 11) is 1.57. The van der Waals surface area contributed by atoms with E-state index in [4.69, 9.17) is 27.9 Å². The molecular weight excluding hydrogens is 534 g/mol. The van der Waals surface area contributed by atoms with Crippen molar-refractivity contribution in [2.75, 3.05) is 0 Å². The maximum Gasteiger partial charge on any atom is 0.274 e. The number of amides is 1. The summed E-state index contributed by atoms with van der Waals surface area (Å²) in [5.41, 5.74) is -0.404. The number of halogens is 3. The van der Waals surface area contributed by atoms with Gasteiger partial charge in [0.05, 0.1) is 15.6 Å². The summed E-state index contributed by atoms with van der Waals surface area (Å²) < 4.78 is 21.1. The lowest BCUT2D eigenvalue weighted by Crippen LogP contribution is -2.40. The molecule has 3 aromatic heterocycles. The van der Waals surface area contributed by atoms with E-state index in [0.717, 1.165) is 12.1 Å². The Morgan fingerprint density at radius 2 is 1.74 bits per heavy atom. The SMILES string of the molecule is Cn1cc(-c2cc(C(C)(C)O)cnc2Oc2c(Cl)cc(F)cc2Cl)c2cc(C(=O)NC(C)(C)C)[nH]c2c1=O. The Morgan fingerprint density at radius 1 is 1.11 bits per heavy atom. The minimum Gasteiger partial charge on any atom is -0.435 e. The maximum absolute atomic E-state index is 13.8. The van der Waals surface area contributed by atoms with Crippen LogP contribution in [-0.2, 0) is 12.6 Å². The van der Waals surface area contributed by atoms with Crippen molar-refractivity contribution < 1.29 is 19.0 Å². The number of aromatic nitrogens is 3. The van der Waals surface area contributed by atoms with Crippen LogP contribution in [-0.4, -0.2) is 31.1 Å². The zero-order chi connectivity index (χ0) is 28.2. The molecule has 3 N–H and O–H groups in total. The molecule has 0 saturated heterocycles. The lowest BCUT2D eigenvalue weighted by atomic mass is 9.96. The third kappa shape index (κ3) is 5.55. The van der Waals surface area contributed by atoms with Gasteiger partial charge in [0.25, 0.3) is 11.5 Å². The average molecular weight is 561 g/mol. The van der Waals surface area contributed by atoms with Crippen molar-refractivity contribution in [3.63, 3.8) is 0 Å². The van der Waals surface area contributed by atoms with Gasteiger partial charge in [0.2, 0.25) is 5.88 Å². The number of H-pyrrole nitrogens is 1. The van der Waals surface area contributed by atoms with Gasteiger partial charge in [-0.25, -0.2) is 9.37 Å². The van der Waals surface area contributed by atoms with E-state index in [9.17, 15) is 19.1 Å². The fraction of sp³-hybridized carbons (Fsp3) is 0.296. The topological polar surface area (TPSA) is 109 Å². The number of hydrogen-bond acceptors (Lipinski definition) is 5. The van der Waals surface area contributed by atoms with Gasteiger partial charge in [-0.3, -0.25) is 9.59 Å². The van der Waals surface area contributed by atoms with Crippen molar-refractivity contribution in [1.29, 1.82) is 0 Å². The number of nitrogens with one attached hydrogen (secondary N) is 2. The number of carbonyl (C=O) groups excluding carboxylic acids is 1. The Morgan fingerprint density at radius 3 is 2.32 bits per heavy atom. The second-order valence-corrected chi connectivity index (χ2v) is 11.4. The summed E-state index contributed by atoms with van der Waals surface area (Å²) in [4.78, 5) is 33.2. The molecular formula is C27H27Cl2FN4O4. The predicted octanol–water partition coefficient (Wildman–Crippen LogP) is 5.92. The highest BCUT2D eigenvalue weighted by atomic mass is 35.5. The van der Waals surface area contributed by atoms with E-state index in [0.29, 0.717) is 22.1 Å². The fourth-order valence-electron chi connectivity index (χ4n) is 3.86. The normalized spacial score (nSPS) is 12.2. The molecule has 0 saturated carbocycles. The molecule has 200 valence electrons. The number of ether oxygens (including phenoxy) is 1. The van der Waals surface area contributed by atoms with Crippen LogP contribution < -0.4 is 15.6 Å². The first-order chi connectivity index (χ1) is 17.5. The zero-order valence-corrected chi connectivity index (χ0v) is 23.2. The highest BCUT2D eigenvalue weighted by molar-refractivity contribution is 6.37. The van der Waals surface area contributed by atoms with Gasteiger partial charge in [0.15, 0.2) is 5.75 Å². The number of carbonyl (C=O) groups is 1. The van der Waals surface area contributed by atoms with Crippen LogP contribution in [0.3, 0.4) is 0 Å². The van der Waals surface area contributed by atoms with E-state index >= 15 is 0 Å². The van der Waals surface area contributed by atoms with E-state index in [1.54, 1.807) is 39.2 Å². The number of benzene rings is 1. The first-order valence-corrected chi connectivity index (χ1v) is 12.4. The monoisotopic (exact) mass is 560 g/mol. The fourth-order valence-corrected chi connectivity index (χ4v) is 4.40. The molecule has 0 spiro atoms. The van der Waals surface area contributed by atoms with Crippen molar-refractivity contribution >= 4 is 40.0 Å². The summed E-state index contributed by atoms with van der Waals surface area (Å²) in [6, 6.07) is 5.36. The Hall–Kier alpha value is -3.40. The molecule has 0 unspecified atom stereocenters. The van der Waals surface area contributed by atoms with Crippen molar-refractivity contribution in [2.24, 2.45) is 7.05 Å². The third-order valence-electron chi connectivity index (χ3n) is 5.71. The van der Waals surface area contributed by atoms with E-state index in [-0.39, 0.29) is 44.4 Å². The lowest BCUT2D eigenvalue weighted by molar-refractivity contribution is 0.0781. The van der Waals surface area contributed by atoms with Gasteiger partial charge in [-0.15, -0.1) is 0 Å². The molecule has 1 aromatic carbocycles. The largest absolute Gasteiger partial charge is 0.435 e. The van der Waals surface area contributed by atoms with E-state index in [1.807, 2.05) is 20.8 Å². The summed E-state index contributed by atoms with van der Waals surface area (Å²) >= 11 is 12.4. The molecule has 4 rings (SSSR count). The molecule has 0 atom stereocenters. The van der Waals surface area contributed by atoms with Crippen molar-refractivity contribution in [2.45, 2.75) is 45.8 Å². The predicted molar refractivity (Wildman–Crippen MR) is 146 cm³/mol. The van der Waals surface area contributed by atoms with Crippen molar-refractivity contribution in [3.8, 4) is 22.8 Å². The van der Waals surface area contributed by atoms with Crippen LogP contribution in [0.1, 0.15) is 50.7 Å². The number of aryl methyl sites for hydroxylation is 1. The Balaban J connectivity index is 1.98. The molecule has 1 amide bonds. The van der Waals surface area contributed by atoms with E-state index in [1.165, 1.54) is 10.8 Å². The molecule has 0 aliphatic rings. The first kappa shape index (κ1) is 27.6. The Kier molecular flexibility index (Phi) is 7.07. The Bertz CT molecular complexity index is 1610. The van der Waals surface area contributed by atoms with Crippen LogP contribution in [0.15, 0.2) is 41.5 Å². The van der Waals surface area contributed by atoms with Crippen LogP contribution in [0.4, 0.5) is 4.39 Å². The number of fused-ring (bicyclic) bond motifs is 1. The molecule has 0 fully saturated rings. The standard InChI is InChI=1S/C27H27Cl2FN4O4/c1-26(2,3)33-23(35)20-10-15-17(12-34(6)25(36)21(15)32-20)16-7-13(27(4,5)37)11-31-24(16)38-22-18(28)8-14(30)9-19(22)29/h7-12,32,37H,1-6H3,(H,33,35). The molecule has 0 aliphatic carbocycles. The summed E-state index contributed by atoms with van der Waals surface area (Å²) in [6.07, 6.45) is 3.01. The third-order valence-corrected chi connectivity index (χ3v) is 6.27. The maximum atomic E-state index is 13.8. The van der Waals surface area contributed by atoms with Crippen LogP contribution in [0, 0.1) is 5.82 Å². The second kappa shape index (κ2) is 9.72. The quantitative estimate of drug-likeness (QED) is 0.280. The highest BCUT2D eigenvalue weighted by Gasteiger charge is 2.25. The van der Waals surface area contributed by atoms with Crippen molar-refractivity contribution in [1.82, 2.24) is 19.9 Å². The van der Waals surface area contributed by atoms with E-state index < -0.39 is 17.0 Å². The van der Waals surface area contributed by atoms with Gasteiger partial charge >= 0.3 is 0 Å². The summed E-state index contributed by atoms with van der Waals surface area (Å²) in [5.74, 6) is -0.993. The number of nitrogens with zero attached hydrogens (tertiary/aromatic N) is 2.